The highest BCUT2D eigenvalue weighted by molar-refractivity contribution is 8.04. The predicted molar refractivity (Wildman–Crippen MR) is 103 cm³/mol. The van der Waals surface area contributed by atoms with Gasteiger partial charge in [0.25, 0.3) is 0 Å². The first kappa shape index (κ1) is 19.8. The van der Waals surface area contributed by atoms with Gasteiger partial charge in [0, 0.05) is 23.4 Å². The van der Waals surface area contributed by atoms with E-state index < -0.39 is 17.5 Å². The molecule has 5 nitrogen and oxygen atoms in total. The van der Waals surface area contributed by atoms with Crippen LogP contribution >= 0.6 is 11.8 Å². The van der Waals surface area contributed by atoms with Gasteiger partial charge in [0.2, 0.25) is 11.8 Å². The van der Waals surface area contributed by atoms with E-state index in [2.05, 4.69) is 5.32 Å². The van der Waals surface area contributed by atoms with E-state index in [9.17, 15) is 23.2 Å². The van der Waals surface area contributed by atoms with E-state index in [-0.39, 0.29) is 29.7 Å². The Balaban J connectivity index is 1.73. The van der Waals surface area contributed by atoms with Crippen molar-refractivity contribution in [3.63, 3.8) is 0 Å². The van der Waals surface area contributed by atoms with Gasteiger partial charge in [-0.25, -0.2) is 8.78 Å². The summed E-state index contributed by atoms with van der Waals surface area (Å²) in [6, 6.07) is 10.0. The first-order chi connectivity index (χ1) is 13.3. The third kappa shape index (κ3) is 4.45. The average molecular weight is 402 g/mol. The smallest absolute Gasteiger partial charge is 0.244 e. The van der Waals surface area contributed by atoms with Gasteiger partial charge >= 0.3 is 0 Å². The maximum Gasteiger partial charge on any atom is 0.244 e. The van der Waals surface area contributed by atoms with Gasteiger partial charge in [-0.15, -0.1) is 0 Å². The van der Waals surface area contributed by atoms with Crippen LogP contribution in [0.5, 0.6) is 0 Å². The Morgan fingerprint density at radius 3 is 2.64 bits per heavy atom. The summed E-state index contributed by atoms with van der Waals surface area (Å²) in [6.45, 7) is 1.48. The maximum atomic E-state index is 13.3. The molecule has 1 fully saturated rings. The monoisotopic (exact) mass is 402 g/mol. The van der Waals surface area contributed by atoms with Gasteiger partial charge in [-0.3, -0.25) is 19.3 Å². The number of nitrogens with zero attached hydrogens (tertiary/aromatic N) is 1. The third-order valence-corrected chi connectivity index (χ3v) is 5.11. The number of aryl methyl sites for hydroxylation is 1. The van der Waals surface area contributed by atoms with Gasteiger partial charge < -0.3 is 5.32 Å². The van der Waals surface area contributed by atoms with Crippen molar-refractivity contribution < 1.29 is 23.2 Å². The molecule has 0 aromatic heterocycles. The summed E-state index contributed by atoms with van der Waals surface area (Å²) < 4.78 is 26.2. The Hall–Kier alpha value is -3.00. The van der Waals surface area contributed by atoms with Crippen molar-refractivity contribution in [1.29, 1.82) is 0 Å². The van der Waals surface area contributed by atoms with Crippen molar-refractivity contribution in [2.45, 2.75) is 6.92 Å². The second kappa shape index (κ2) is 8.35. The molecule has 28 heavy (non-hydrogen) atoms. The third-order valence-electron chi connectivity index (χ3n) is 4.08. The molecule has 1 aliphatic rings. The number of amides is 2. The number of nitrogens with one attached hydrogen (secondary N) is 1. The number of carbonyl (C=O) groups excluding carboxylic acids is 3. The molecule has 0 radical (unpaired) electrons. The van der Waals surface area contributed by atoms with Crippen LogP contribution in [0.4, 0.5) is 14.5 Å². The van der Waals surface area contributed by atoms with Gasteiger partial charge in [-0.2, -0.15) is 0 Å². The summed E-state index contributed by atoms with van der Waals surface area (Å²) in [6.07, 6.45) is 1.34. The van der Waals surface area contributed by atoms with Crippen LogP contribution < -0.4 is 5.32 Å². The largest absolute Gasteiger partial charge is 0.324 e. The molecule has 1 heterocycles. The minimum atomic E-state index is -1.09. The number of halogens is 2. The zero-order valence-corrected chi connectivity index (χ0v) is 15.7. The zero-order valence-electron chi connectivity index (χ0n) is 14.9. The number of anilines is 1. The van der Waals surface area contributed by atoms with E-state index in [1.54, 1.807) is 12.1 Å². The molecule has 0 aliphatic carbocycles. The number of hydrogen-bond donors (Lipinski definition) is 1. The molecule has 0 atom stereocenters. The molecular weight excluding hydrogens is 386 g/mol. The zero-order chi connectivity index (χ0) is 20.3. The minimum Gasteiger partial charge on any atom is -0.324 e. The molecule has 0 unspecified atom stereocenters. The molecule has 2 amide bonds. The summed E-state index contributed by atoms with van der Waals surface area (Å²) in [5.41, 5.74) is 1.40. The maximum absolute atomic E-state index is 13.3. The molecule has 1 aliphatic heterocycles. The lowest BCUT2D eigenvalue weighted by atomic mass is 10.1. The van der Waals surface area contributed by atoms with E-state index in [1.807, 2.05) is 19.1 Å². The Morgan fingerprint density at radius 1 is 1.18 bits per heavy atom. The summed E-state index contributed by atoms with van der Waals surface area (Å²) in [5, 5.41) is 2.78. The molecule has 2 aromatic rings. The van der Waals surface area contributed by atoms with Gasteiger partial charge in [0.1, 0.15) is 6.54 Å². The summed E-state index contributed by atoms with van der Waals surface area (Å²) >= 11 is 1.17. The van der Waals surface area contributed by atoms with Gasteiger partial charge in [0.05, 0.1) is 10.8 Å². The first-order valence-corrected chi connectivity index (χ1v) is 9.33. The van der Waals surface area contributed by atoms with Crippen molar-refractivity contribution in [2.24, 2.45) is 0 Å². The van der Waals surface area contributed by atoms with E-state index in [1.165, 1.54) is 28.8 Å². The van der Waals surface area contributed by atoms with Crippen LogP contribution in [0.25, 0.3) is 0 Å². The molecule has 1 N–H and O–H groups in total. The second-order valence-electron chi connectivity index (χ2n) is 6.11. The number of ketones is 1. The Labute approximate surface area is 164 Å². The lowest BCUT2D eigenvalue weighted by Crippen LogP contribution is -2.34. The fourth-order valence-electron chi connectivity index (χ4n) is 2.66. The molecule has 3 rings (SSSR count). The SMILES string of the molecule is Cc1ccccc1C(=O)/C=C1\SCC(=O)N1CC(=O)Nc1ccc(F)c(F)c1. The van der Waals surface area contributed by atoms with Gasteiger partial charge in [0.15, 0.2) is 17.4 Å². The number of allylic oxidation sites excluding steroid dienone is 1. The Bertz CT molecular complexity index is 991. The lowest BCUT2D eigenvalue weighted by molar-refractivity contribution is -0.129. The van der Waals surface area contributed by atoms with Crippen LogP contribution in [0.1, 0.15) is 15.9 Å². The number of hydrogen-bond acceptors (Lipinski definition) is 4. The quantitative estimate of drug-likeness (QED) is 0.614. The predicted octanol–water partition coefficient (Wildman–Crippen LogP) is 3.51. The molecule has 0 saturated carbocycles. The topological polar surface area (TPSA) is 66.5 Å². The highest BCUT2D eigenvalue weighted by atomic mass is 32.2. The fourth-order valence-corrected chi connectivity index (χ4v) is 3.60. The van der Waals surface area contributed by atoms with E-state index in [0.717, 1.165) is 17.7 Å². The van der Waals surface area contributed by atoms with Crippen LogP contribution in [-0.2, 0) is 9.59 Å². The summed E-state index contributed by atoms with van der Waals surface area (Å²) in [4.78, 5) is 38.1. The fraction of sp³-hybridized carbons (Fsp3) is 0.150. The van der Waals surface area contributed by atoms with Crippen LogP contribution in [-0.4, -0.2) is 34.8 Å². The van der Waals surface area contributed by atoms with Crippen molar-refractivity contribution in [2.75, 3.05) is 17.6 Å². The van der Waals surface area contributed by atoms with Crippen molar-refractivity contribution >= 4 is 35.0 Å². The molecule has 2 aromatic carbocycles. The van der Waals surface area contributed by atoms with Gasteiger partial charge in [-0.1, -0.05) is 36.0 Å². The average Bonchev–Trinajstić information content (AvgIpc) is 2.98. The number of thioether (sulfide) groups is 1. The van der Waals surface area contributed by atoms with Crippen molar-refractivity contribution in [3.8, 4) is 0 Å². The molecule has 1 saturated heterocycles. The van der Waals surface area contributed by atoms with Crippen molar-refractivity contribution in [3.05, 3.63) is 76.3 Å². The second-order valence-corrected chi connectivity index (χ2v) is 7.10. The standard InChI is InChI=1S/C20H16F2N2O3S/c1-12-4-2-3-5-14(12)17(25)9-20-24(19(27)11-28-20)10-18(26)23-13-6-7-15(21)16(22)8-13/h2-9H,10-11H2,1H3,(H,23,26)/b20-9-. The van der Waals surface area contributed by atoms with Crippen LogP contribution in [0.15, 0.2) is 53.6 Å². The highest BCUT2D eigenvalue weighted by Gasteiger charge is 2.29. The number of rotatable bonds is 5. The molecular formula is C20H16F2N2O3S. The normalized spacial score (nSPS) is 15.2. The number of benzene rings is 2. The van der Waals surface area contributed by atoms with E-state index >= 15 is 0 Å². The molecule has 8 heteroatoms. The highest BCUT2D eigenvalue weighted by Crippen LogP contribution is 2.29. The summed E-state index contributed by atoms with van der Waals surface area (Å²) in [5.74, 6) is -3.16. The minimum absolute atomic E-state index is 0.0738. The van der Waals surface area contributed by atoms with E-state index in [4.69, 9.17) is 0 Å². The molecule has 144 valence electrons. The summed E-state index contributed by atoms with van der Waals surface area (Å²) in [7, 11) is 0. The first-order valence-electron chi connectivity index (χ1n) is 8.35. The van der Waals surface area contributed by atoms with Gasteiger partial charge in [-0.05, 0) is 24.6 Å². The van der Waals surface area contributed by atoms with Crippen LogP contribution in [0.2, 0.25) is 0 Å². The lowest BCUT2D eigenvalue weighted by Gasteiger charge is -2.17. The Kier molecular flexibility index (Phi) is 5.89. The van der Waals surface area contributed by atoms with Crippen LogP contribution in [0, 0.1) is 18.6 Å². The Morgan fingerprint density at radius 2 is 1.93 bits per heavy atom. The number of carbonyl (C=O) groups is 3. The molecule has 0 spiro atoms. The van der Waals surface area contributed by atoms with E-state index in [0.29, 0.717) is 10.6 Å². The van der Waals surface area contributed by atoms with Crippen LogP contribution in [0.3, 0.4) is 0 Å². The molecule has 0 bridgehead atoms. The van der Waals surface area contributed by atoms with Crippen molar-refractivity contribution in [1.82, 2.24) is 4.90 Å².